The van der Waals surface area contributed by atoms with Crippen LogP contribution in [0.5, 0.6) is 0 Å². The number of benzene rings is 3. The minimum Gasteiger partial charge on any atom is -0.381 e. The van der Waals surface area contributed by atoms with Crippen LogP contribution in [0, 0.1) is 13.8 Å². The summed E-state index contributed by atoms with van der Waals surface area (Å²) in [4.78, 5) is 0. The zero-order valence-corrected chi connectivity index (χ0v) is 14.3. The first-order valence-corrected chi connectivity index (χ1v) is 8.38. The van der Waals surface area contributed by atoms with Gasteiger partial charge >= 0.3 is 0 Å². The Morgan fingerprint density at radius 3 is 1.38 bits per heavy atom. The van der Waals surface area contributed by atoms with Gasteiger partial charge in [0.2, 0.25) is 0 Å². The van der Waals surface area contributed by atoms with Crippen molar-refractivity contribution in [2.45, 2.75) is 26.9 Å². The van der Waals surface area contributed by atoms with Crippen LogP contribution in [0.15, 0.2) is 72.8 Å². The highest BCUT2D eigenvalue weighted by atomic mass is 14.9. The van der Waals surface area contributed by atoms with E-state index < -0.39 is 0 Å². The van der Waals surface area contributed by atoms with Crippen LogP contribution in [-0.4, -0.2) is 0 Å². The van der Waals surface area contributed by atoms with Gasteiger partial charge in [-0.2, -0.15) is 0 Å². The van der Waals surface area contributed by atoms with Crippen molar-refractivity contribution in [1.29, 1.82) is 0 Å². The van der Waals surface area contributed by atoms with E-state index in [9.17, 15) is 0 Å². The van der Waals surface area contributed by atoms with Crippen molar-refractivity contribution in [2.24, 2.45) is 0 Å². The fourth-order valence-electron chi connectivity index (χ4n) is 2.69. The van der Waals surface area contributed by atoms with Gasteiger partial charge < -0.3 is 10.6 Å². The molecule has 2 heteroatoms. The van der Waals surface area contributed by atoms with E-state index >= 15 is 0 Å². The molecule has 0 aromatic heterocycles. The Hall–Kier alpha value is -2.74. The molecular formula is C22H24N2. The molecule has 0 saturated heterocycles. The summed E-state index contributed by atoms with van der Waals surface area (Å²) in [6.07, 6.45) is 0. The van der Waals surface area contributed by atoms with Crippen LogP contribution in [0.4, 0.5) is 11.4 Å². The molecule has 0 atom stereocenters. The summed E-state index contributed by atoms with van der Waals surface area (Å²) in [5, 5.41) is 6.94. The average molecular weight is 316 g/mol. The molecule has 0 fully saturated rings. The minimum atomic E-state index is 0.842. The van der Waals surface area contributed by atoms with Crippen molar-refractivity contribution in [3.63, 3.8) is 0 Å². The monoisotopic (exact) mass is 316 g/mol. The number of aryl methyl sites for hydroxylation is 2. The van der Waals surface area contributed by atoms with Gasteiger partial charge in [0.1, 0.15) is 0 Å². The largest absolute Gasteiger partial charge is 0.381 e. The molecule has 0 radical (unpaired) electrons. The highest BCUT2D eigenvalue weighted by Crippen LogP contribution is 2.14. The summed E-state index contributed by atoms with van der Waals surface area (Å²) in [5.41, 5.74) is 7.46. The molecule has 0 aliphatic rings. The molecule has 0 spiro atoms. The SMILES string of the molecule is Cc1cccc(NCc2ccc(CNc3cccc(C)c3)cc2)c1. The van der Waals surface area contributed by atoms with E-state index in [4.69, 9.17) is 0 Å². The molecule has 0 unspecified atom stereocenters. The molecule has 24 heavy (non-hydrogen) atoms. The van der Waals surface area contributed by atoms with E-state index in [1.807, 2.05) is 0 Å². The maximum absolute atomic E-state index is 3.47. The van der Waals surface area contributed by atoms with Gasteiger partial charge in [0.25, 0.3) is 0 Å². The van der Waals surface area contributed by atoms with Gasteiger partial charge in [0, 0.05) is 24.5 Å². The molecule has 0 amide bonds. The minimum absolute atomic E-state index is 0.842. The Morgan fingerprint density at radius 1 is 0.583 bits per heavy atom. The molecule has 2 N–H and O–H groups in total. The Bertz CT molecular complexity index is 723. The van der Waals surface area contributed by atoms with Gasteiger partial charge in [-0.05, 0) is 60.4 Å². The van der Waals surface area contributed by atoms with Crippen molar-refractivity contribution in [3.8, 4) is 0 Å². The number of nitrogens with one attached hydrogen (secondary N) is 2. The molecule has 0 saturated carbocycles. The molecule has 0 heterocycles. The molecule has 0 aliphatic carbocycles. The first-order valence-electron chi connectivity index (χ1n) is 8.38. The third-order valence-electron chi connectivity index (χ3n) is 4.05. The standard InChI is InChI=1S/C22H24N2/c1-17-5-3-7-21(13-17)23-15-19-9-11-20(12-10-19)16-24-22-8-4-6-18(2)14-22/h3-14,23-24H,15-16H2,1-2H3. The lowest BCUT2D eigenvalue weighted by Crippen LogP contribution is -2.02. The van der Waals surface area contributed by atoms with Crippen LogP contribution >= 0.6 is 0 Å². The molecule has 3 aromatic rings. The van der Waals surface area contributed by atoms with Crippen LogP contribution in [0.2, 0.25) is 0 Å². The van der Waals surface area contributed by atoms with Crippen LogP contribution in [-0.2, 0) is 13.1 Å². The molecule has 3 rings (SSSR count). The third-order valence-corrected chi connectivity index (χ3v) is 4.05. The van der Waals surface area contributed by atoms with Gasteiger partial charge in [-0.3, -0.25) is 0 Å². The highest BCUT2D eigenvalue weighted by Gasteiger charge is 1.98. The molecule has 122 valence electrons. The highest BCUT2D eigenvalue weighted by molar-refractivity contribution is 5.47. The lowest BCUT2D eigenvalue weighted by Gasteiger charge is -2.10. The second kappa shape index (κ2) is 7.69. The summed E-state index contributed by atoms with van der Waals surface area (Å²) in [5.74, 6) is 0. The first kappa shape index (κ1) is 16.1. The normalized spacial score (nSPS) is 10.4. The number of anilines is 2. The zero-order chi connectivity index (χ0) is 16.8. The van der Waals surface area contributed by atoms with Crippen LogP contribution < -0.4 is 10.6 Å². The van der Waals surface area contributed by atoms with E-state index in [2.05, 4.69) is 97.3 Å². The van der Waals surface area contributed by atoms with Crippen molar-refractivity contribution >= 4 is 11.4 Å². The van der Waals surface area contributed by atoms with Gasteiger partial charge in [0.15, 0.2) is 0 Å². The van der Waals surface area contributed by atoms with Crippen molar-refractivity contribution in [3.05, 3.63) is 95.1 Å². The van der Waals surface area contributed by atoms with Crippen LogP contribution in [0.1, 0.15) is 22.3 Å². The fraction of sp³-hybridized carbons (Fsp3) is 0.182. The molecule has 0 aliphatic heterocycles. The van der Waals surface area contributed by atoms with E-state index in [1.54, 1.807) is 0 Å². The lowest BCUT2D eigenvalue weighted by molar-refractivity contribution is 1.11. The topological polar surface area (TPSA) is 24.1 Å². The summed E-state index contributed by atoms with van der Waals surface area (Å²) in [6.45, 7) is 5.91. The maximum atomic E-state index is 3.47. The average Bonchev–Trinajstić information content (AvgIpc) is 2.59. The zero-order valence-electron chi connectivity index (χ0n) is 14.3. The molecule has 3 aromatic carbocycles. The number of hydrogen-bond acceptors (Lipinski definition) is 2. The summed E-state index contributed by atoms with van der Waals surface area (Å²) in [7, 11) is 0. The molecular weight excluding hydrogens is 292 g/mol. The second-order valence-corrected chi connectivity index (χ2v) is 6.26. The summed E-state index contributed by atoms with van der Waals surface area (Å²) >= 11 is 0. The molecule has 2 nitrogen and oxygen atoms in total. The van der Waals surface area contributed by atoms with Crippen molar-refractivity contribution in [2.75, 3.05) is 10.6 Å². The van der Waals surface area contributed by atoms with Gasteiger partial charge in [0.05, 0.1) is 0 Å². The van der Waals surface area contributed by atoms with E-state index in [0.717, 1.165) is 13.1 Å². The Morgan fingerprint density at radius 2 is 1.00 bits per heavy atom. The Labute approximate surface area is 144 Å². The predicted molar refractivity (Wildman–Crippen MR) is 103 cm³/mol. The lowest BCUT2D eigenvalue weighted by atomic mass is 10.1. The van der Waals surface area contributed by atoms with Crippen LogP contribution in [0.3, 0.4) is 0 Å². The van der Waals surface area contributed by atoms with Crippen molar-refractivity contribution in [1.82, 2.24) is 0 Å². The quantitative estimate of drug-likeness (QED) is 0.625. The molecule has 0 bridgehead atoms. The van der Waals surface area contributed by atoms with E-state index in [1.165, 1.54) is 33.6 Å². The maximum Gasteiger partial charge on any atom is 0.0400 e. The fourth-order valence-corrected chi connectivity index (χ4v) is 2.69. The summed E-state index contributed by atoms with van der Waals surface area (Å²) in [6, 6.07) is 25.7. The van der Waals surface area contributed by atoms with Crippen molar-refractivity contribution < 1.29 is 0 Å². The predicted octanol–water partition coefficient (Wildman–Crippen LogP) is 5.53. The van der Waals surface area contributed by atoms with Crippen LogP contribution in [0.25, 0.3) is 0 Å². The van der Waals surface area contributed by atoms with E-state index in [0.29, 0.717) is 0 Å². The number of hydrogen-bond donors (Lipinski definition) is 2. The Balaban J connectivity index is 1.53. The Kier molecular flexibility index (Phi) is 5.17. The smallest absolute Gasteiger partial charge is 0.0400 e. The summed E-state index contributed by atoms with van der Waals surface area (Å²) < 4.78 is 0. The third kappa shape index (κ3) is 4.63. The van der Waals surface area contributed by atoms with Gasteiger partial charge in [-0.25, -0.2) is 0 Å². The first-order chi connectivity index (χ1) is 11.7. The van der Waals surface area contributed by atoms with E-state index in [-0.39, 0.29) is 0 Å². The second-order valence-electron chi connectivity index (χ2n) is 6.26. The van der Waals surface area contributed by atoms with Gasteiger partial charge in [-0.15, -0.1) is 0 Å². The number of rotatable bonds is 6. The van der Waals surface area contributed by atoms with Gasteiger partial charge in [-0.1, -0.05) is 48.5 Å².